The quantitative estimate of drug-likeness (QED) is 0.726. The molecule has 1 fully saturated rings. The van der Waals surface area contributed by atoms with Crippen LogP contribution in [0.2, 0.25) is 0 Å². The molecule has 0 radical (unpaired) electrons. The number of rotatable bonds is 2. The SMILES string of the molecule is CC1=CCC2C(C)C1C(c1ccc(N(C)C)cc1)OC2(C)C. The first-order chi connectivity index (χ1) is 10.3. The van der Waals surface area contributed by atoms with E-state index in [1.54, 1.807) is 0 Å². The van der Waals surface area contributed by atoms with Crippen molar-refractivity contribution in [3.8, 4) is 0 Å². The molecule has 0 aromatic heterocycles. The monoisotopic (exact) mass is 299 g/mol. The topological polar surface area (TPSA) is 12.5 Å². The Morgan fingerprint density at radius 1 is 1.14 bits per heavy atom. The maximum Gasteiger partial charge on any atom is 0.0900 e. The van der Waals surface area contributed by atoms with E-state index in [0.29, 0.717) is 17.8 Å². The van der Waals surface area contributed by atoms with E-state index in [2.05, 4.69) is 77.0 Å². The van der Waals surface area contributed by atoms with Gasteiger partial charge in [0.2, 0.25) is 0 Å². The average molecular weight is 299 g/mol. The van der Waals surface area contributed by atoms with Crippen molar-refractivity contribution in [1.29, 1.82) is 0 Å². The lowest BCUT2D eigenvalue weighted by molar-refractivity contribution is -0.189. The van der Waals surface area contributed by atoms with Crippen molar-refractivity contribution in [3.05, 3.63) is 41.5 Å². The fourth-order valence-electron chi connectivity index (χ4n) is 4.49. The molecule has 1 aliphatic carbocycles. The largest absolute Gasteiger partial charge is 0.378 e. The molecular weight excluding hydrogens is 270 g/mol. The van der Waals surface area contributed by atoms with Crippen LogP contribution in [0.25, 0.3) is 0 Å². The van der Waals surface area contributed by atoms with E-state index >= 15 is 0 Å². The lowest BCUT2D eigenvalue weighted by atomic mass is 9.62. The molecule has 22 heavy (non-hydrogen) atoms. The van der Waals surface area contributed by atoms with E-state index in [1.807, 2.05) is 0 Å². The Kier molecular flexibility index (Phi) is 3.84. The predicted molar refractivity (Wildman–Crippen MR) is 93.2 cm³/mol. The number of hydrogen-bond acceptors (Lipinski definition) is 2. The Labute approximate surface area is 135 Å². The van der Waals surface area contributed by atoms with Gasteiger partial charge < -0.3 is 9.64 Å². The van der Waals surface area contributed by atoms with E-state index in [9.17, 15) is 0 Å². The summed E-state index contributed by atoms with van der Waals surface area (Å²) < 4.78 is 6.61. The first-order valence-electron chi connectivity index (χ1n) is 8.43. The minimum Gasteiger partial charge on any atom is -0.378 e. The fourth-order valence-corrected chi connectivity index (χ4v) is 4.49. The lowest BCUT2D eigenvalue weighted by Gasteiger charge is -2.53. The minimum absolute atomic E-state index is 0.0575. The van der Waals surface area contributed by atoms with Gasteiger partial charge in [0.05, 0.1) is 11.7 Å². The minimum atomic E-state index is -0.0575. The summed E-state index contributed by atoms with van der Waals surface area (Å²) in [5.41, 5.74) is 3.99. The summed E-state index contributed by atoms with van der Waals surface area (Å²) >= 11 is 0. The third-order valence-electron chi connectivity index (χ3n) is 5.81. The smallest absolute Gasteiger partial charge is 0.0900 e. The van der Waals surface area contributed by atoms with Gasteiger partial charge in [0.15, 0.2) is 0 Å². The molecule has 0 saturated carbocycles. The standard InChI is InChI=1S/C20H29NO/c1-13-7-12-17-14(2)18(13)19(22-20(17,3)4)15-8-10-16(11-9-15)21(5)6/h7-11,14,17-19H,12H2,1-6H3. The Hall–Kier alpha value is -1.28. The maximum absolute atomic E-state index is 6.61. The highest BCUT2D eigenvalue weighted by atomic mass is 16.5. The van der Waals surface area contributed by atoms with Crippen LogP contribution in [-0.2, 0) is 4.74 Å². The van der Waals surface area contributed by atoms with Crippen molar-refractivity contribution in [2.45, 2.75) is 45.8 Å². The number of anilines is 1. The highest BCUT2D eigenvalue weighted by Crippen LogP contribution is 2.54. The normalized spacial score (nSPS) is 33.3. The second kappa shape index (κ2) is 5.42. The van der Waals surface area contributed by atoms with Gasteiger partial charge in [0.25, 0.3) is 0 Å². The molecule has 2 bridgehead atoms. The second-order valence-electron chi connectivity index (χ2n) is 7.80. The summed E-state index contributed by atoms with van der Waals surface area (Å²) in [7, 11) is 4.16. The van der Waals surface area contributed by atoms with Crippen LogP contribution in [0.1, 0.15) is 45.8 Å². The summed E-state index contributed by atoms with van der Waals surface area (Å²) in [6.07, 6.45) is 3.78. The van der Waals surface area contributed by atoms with E-state index in [1.165, 1.54) is 16.8 Å². The van der Waals surface area contributed by atoms with Crippen LogP contribution in [0, 0.1) is 17.8 Å². The van der Waals surface area contributed by atoms with Gasteiger partial charge in [-0.25, -0.2) is 0 Å². The molecule has 0 amide bonds. The highest BCUT2D eigenvalue weighted by Gasteiger charge is 2.49. The van der Waals surface area contributed by atoms with Crippen LogP contribution < -0.4 is 4.90 Å². The summed E-state index contributed by atoms with van der Waals surface area (Å²) in [6, 6.07) is 8.88. The fraction of sp³-hybridized carbons (Fsp3) is 0.600. The summed E-state index contributed by atoms with van der Waals surface area (Å²) in [4.78, 5) is 2.14. The second-order valence-corrected chi connectivity index (χ2v) is 7.80. The molecule has 1 saturated heterocycles. The van der Waals surface area contributed by atoms with Gasteiger partial charge in [-0.15, -0.1) is 0 Å². The molecule has 4 atom stereocenters. The summed E-state index contributed by atoms with van der Waals surface area (Å²) in [5.74, 6) is 1.81. The van der Waals surface area contributed by atoms with Crippen LogP contribution in [0.3, 0.4) is 0 Å². The van der Waals surface area contributed by atoms with Crippen LogP contribution in [0.5, 0.6) is 0 Å². The van der Waals surface area contributed by atoms with Crippen molar-refractivity contribution < 1.29 is 4.74 Å². The van der Waals surface area contributed by atoms with Crippen molar-refractivity contribution in [2.75, 3.05) is 19.0 Å². The predicted octanol–water partition coefficient (Wildman–Crippen LogP) is 4.82. The average Bonchev–Trinajstić information content (AvgIpc) is 2.44. The molecule has 1 aliphatic heterocycles. The molecule has 0 spiro atoms. The van der Waals surface area contributed by atoms with Crippen molar-refractivity contribution in [1.82, 2.24) is 0 Å². The van der Waals surface area contributed by atoms with Gasteiger partial charge in [-0.3, -0.25) is 0 Å². The van der Waals surface area contributed by atoms with Gasteiger partial charge in [-0.1, -0.05) is 30.7 Å². The highest BCUT2D eigenvalue weighted by molar-refractivity contribution is 5.46. The van der Waals surface area contributed by atoms with Gasteiger partial charge in [0.1, 0.15) is 0 Å². The Morgan fingerprint density at radius 3 is 2.36 bits per heavy atom. The summed E-state index contributed by atoms with van der Waals surface area (Å²) in [5, 5.41) is 0. The Balaban J connectivity index is 1.98. The van der Waals surface area contributed by atoms with Gasteiger partial charge in [-0.05, 0) is 56.7 Å². The molecule has 1 aromatic rings. The van der Waals surface area contributed by atoms with Gasteiger partial charge >= 0.3 is 0 Å². The Bertz CT molecular complexity index is 570. The number of hydrogen-bond donors (Lipinski definition) is 0. The molecule has 120 valence electrons. The van der Waals surface area contributed by atoms with Crippen molar-refractivity contribution >= 4 is 5.69 Å². The van der Waals surface area contributed by atoms with E-state index in [4.69, 9.17) is 4.74 Å². The zero-order valence-corrected chi connectivity index (χ0v) is 14.8. The molecule has 0 N–H and O–H groups in total. The Morgan fingerprint density at radius 2 is 1.77 bits per heavy atom. The zero-order valence-electron chi connectivity index (χ0n) is 14.8. The first-order valence-corrected chi connectivity index (χ1v) is 8.43. The van der Waals surface area contributed by atoms with E-state index in [0.717, 1.165) is 6.42 Å². The van der Waals surface area contributed by atoms with Crippen LogP contribution in [-0.4, -0.2) is 19.7 Å². The summed E-state index contributed by atoms with van der Waals surface area (Å²) in [6.45, 7) is 9.22. The zero-order chi connectivity index (χ0) is 16.1. The maximum atomic E-state index is 6.61. The molecule has 1 heterocycles. The molecule has 2 aliphatic rings. The first kappa shape index (κ1) is 15.6. The van der Waals surface area contributed by atoms with Gasteiger partial charge in [0, 0.05) is 25.7 Å². The molecule has 2 heteroatoms. The number of allylic oxidation sites excluding steroid dienone is 1. The third kappa shape index (κ3) is 2.48. The van der Waals surface area contributed by atoms with Gasteiger partial charge in [-0.2, -0.15) is 0 Å². The number of nitrogens with zero attached hydrogens (tertiary/aromatic N) is 1. The molecule has 4 unspecified atom stereocenters. The van der Waals surface area contributed by atoms with E-state index < -0.39 is 0 Å². The lowest BCUT2D eigenvalue weighted by Crippen LogP contribution is -2.50. The molecule has 2 nitrogen and oxygen atoms in total. The number of ether oxygens (including phenoxy) is 1. The van der Waals surface area contributed by atoms with Crippen LogP contribution in [0.4, 0.5) is 5.69 Å². The van der Waals surface area contributed by atoms with E-state index in [-0.39, 0.29) is 11.7 Å². The number of fused-ring (bicyclic) bond motifs is 2. The van der Waals surface area contributed by atoms with Crippen LogP contribution in [0.15, 0.2) is 35.9 Å². The van der Waals surface area contributed by atoms with Crippen molar-refractivity contribution in [2.24, 2.45) is 17.8 Å². The van der Waals surface area contributed by atoms with Crippen LogP contribution >= 0.6 is 0 Å². The van der Waals surface area contributed by atoms with Crippen molar-refractivity contribution in [3.63, 3.8) is 0 Å². The molecular formula is C20H29NO. The number of benzene rings is 1. The third-order valence-corrected chi connectivity index (χ3v) is 5.81. The molecule has 3 rings (SSSR count). The molecule has 1 aromatic carbocycles.